The standard InChI is InChI=1S/C13H9Cl2F2N/c14-10-3-7(6-18)1-2-8(10)9-4-12(16)13(17)5-11(9)15/h1-5H,6,18H2. The van der Waals surface area contributed by atoms with Gasteiger partial charge < -0.3 is 5.73 Å². The van der Waals surface area contributed by atoms with Crippen LogP contribution in [-0.2, 0) is 6.54 Å². The van der Waals surface area contributed by atoms with E-state index in [2.05, 4.69) is 0 Å². The summed E-state index contributed by atoms with van der Waals surface area (Å²) in [5.74, 6) is -1.95. The molecule has 0 amide bonds. The molecule has 0 spiro atoms. The molecule has 0 radical (unpaired) electrons. The molecule has 0 saturated carbocycles. The number of halogens is 4. The molecule has 0 unspecified atom stereocenters. The van der Waals surface area contributed by atoms with Crippen molar-refractivity contribution >= 4 is 23.2 Å². The average molecular weight is 288 g/mol. The summed E-state index contributed by atoms with van der Waals surface area (Å²) in [4.78, 5) is 0. The summed E-state index contributed by atoms with van der Waals surface area (Å²) in [7, 11) is 0. The molecule has 18 heavy (non-hydrogen) atoms. The van der Waals surface area contributed by atoms with E-state index in [1.807, 2.05) is 0 Å². The molecular formula is C13H9Cl2F2N. The van der Waals surface area contributed by atoms with E-state index >= 15 is 0 Å². The second-order valence-corrected chi connectivity index (χ2v) is 4.58. The molecule has 1 nitrogen and oxygen atoms in total. The van der Waals surface area contributed by atoms with Crippen molar-refractivity contribution in [1.29, 1.82) is 0 Å². The van der Waals surface area contributed by atoms with Gasteiger partial charge in [0.05, 0.1) is 5.02 Å². The molecule has 2 rings (SSSR count). The molecule has 0 saturated heterocycles. The molecule has 0 bridgehead atoms. The highest BCUT2D eigenvalue weighted by Gasteiger charge is 2.12. The van der Waals surface area contributed by atoms with Crippen LogP contribution in [0.2, 0.25) is 10.0 Å². The number of nitrogens with two attached hydrogens (primary N) is 1. The summed E-state index contributed by atoms with van der Waals surface area (Å²) >= 11 is 12.0. The van der Waals surface area contributed by atoms with Gasteiger partial charge in [-0.05, 0) is 23.8 Å². The molecule has 2 aromatic carbocycles. The first-order valence-electron chi connectivity index (χ1n) is 5.16. The van der Waals surface area contributed by atoms with E-state index in [1.54, 1.807) is 18.2 Å². The maximum atomic E-state index is 13.2. The molecule has 5 heteroatoms. The van der Waals surface area contributed by atoms with Gasteiger partial charge in [-0.2, -0.15) is 0 Å². The predicted octanol–water partition coefficient (Wildman–Crippen LogP) is 4.40. The van der Waals surface area contributed by atoms with Gasteiger partial charge in [0.1, 0.15) is 0 Å². The van der Waals surface area contributed by atoms with Crippen LogP contribution in [0, 0.1) is 11.6 Å². The van der Waals surface area contributed by atoms with Gasteiger partial charge >= 0.3 is 0 Å². The monoisotopic (exact) mass is 287 g/mol. The molecule has 0 aromatic heterocycles. The first-order chi connectivity index (χ1) is 8.52. The molecule has 2 N–H and O–H groups in total. The highest BCUT2D eigenvalue weighted by atomic mass is 35.5. The number of rotatable bonds is 2. The van der Waals surface area contributed by atoms with Crippen molar-refractivity contribution in [3.8, 4) is 11.1 Å². The Kier molecular flexibility index (Phi) is 3.85. The van der Waals surface area contributed by atoms with Crippen molar-refractivity contribution in [2.45, 2.75) is 6.54 Å². The lowest BCUT2D eigenvalue weighted by molar-refractivity contribution is 0.509. The van der Waals surface area contributed by atoms with Gasteiger partial charge in [0, 0.05) is 22.7 Å². The molecular weight excluding hydrogens is 279 g/mol. The van der Waals surface area contributed by atoms with Gasteiger partial charge in [0.25, 0.3) is 0 Å². The van der Waals surface area contributed by atoms with Crippen molar-refractivity contribution in [2.24, 2.45) is 5.73 Å². The third-order valence-corrected chi connectivity index (χ3v) is 3.19. The van der Waals surface area contributed by atoms with E-state index in [-0.39, 0.29) is 5.02 Å². The minimum absolute atomic E-state index is 0.108. The molecule has 0 atom stereocenters. The maximum Gasteiger partial charge on any atom is 0.160 e. The Bertz CT molecular complexity index is 600. The first kappa shape index (κ1) is 13.3. The second kappa shape index (κ2) is 5.22. The largest absolute Gasteiger partial charge is 0.326 e. The highest BCUT2D eigenvalue weighted by molar-refractivity contribution is 6.36. The van der Waals surface area contributed by atoms with Gasteiger partial charge in [-0.15, -0.1) is 0 Å². The Balaban J connectivity index is 2.58. The predicted molar refractivity (Wildman–Crippen MR) is 69.7 cm³/mol. The van der Waals surface area contributed by atoms with Crippen LogP contribution in [0.5, 0.6) is 0 Å². The van der Waals surface area contributed by atoms with Crippen LogP contribution in [0.3, 0.4) is 0 Å². The topological polar surface area (TPSA) is 26.0 Å². The van der Waals surface area contributed by atoms with E-state index in [0.717, 1.165) is 17.7 Å². The zero-order valence-electron chi connectivity index (χ0n) is 9.18. The van der Waals surface area contributed by atoms with Gasteiger partial charge in [-0.3, -0.25) is 0 Å². The Morgan fingerprint density at radius 1 is 0.889 bits per heavy atom. The zero-order chi connectivity index (χ0) is 13.3. The van der Waals surface area contributed by atoms with Crippen LogP contribution in [0.1, 0.15) is 5.56 Å². The minimum Gasteiger partial charge on any atom is -0.326 e. The summed E-state index contributed by atoms with van der Waals surface area (Å²) in [6.45, 7) is 0.353. The van der Waals surface area contributed by atoms with Crippen LogP contribution in [0.15, 0.2) is 30.3 Å². The second-order valence-electron chi connectivity index (χ2n) is 3.76. The quantitative estimate of drug-likeness (QED) is 0.814. The highest BCUT2D eigenvalue weighted by Crippen LogP contribution is 2.35. The van der Waals surface area contributed by atoms with Crippen LogP contribution >= 0.6 is 23.2 Å². The summed E-state index contributed by atoms with van der Waals surface area (Å²) in [6, 6.07) is 7.08. The van der Waals surface area contributed by atoms with Gasteiger partial charge in [0.2, 0.25) is 0 Å². The molecule has 0 aliphatic rings. The zero-order valence-corrected chi connectivity index (χ0v) is 10.7. The SMILES string of the molecule is NCc1ccc(-c2cc(F)c(F)cc2Cl)c(Cl)c1. The van der Waals surface area contributed by atoms with Crippen molar-refractivity contribution in [1.82, 2.24) is 0 Å². The van der Waals surface area contributed by atoms with Crippen LogP contribution < -0.4 is 5.73 Å². The fraction of sp³-hybridized carbons (Fsp3) is 0.0769. The van der Waals surface area contributed by atoms with Crippen LogP contribution in [0.4, 0.5) is 8.78 Å². The van der Waals surface area contributed by atoms with Crippen molar-refractivity contribution < 1.29 is 8.78 Å². The maximum absolute atomic E-state index is 13.2. The third kappa shape index (κ3) is 2.48. The Labute approximate surface area is 113 Å². The van der Waals surface area contributed by atoms with E-state index in [9.17, 15) is 8.78 Å². The summed E-state index contributed by atoms with van der Waals surface area (Å²) < 4.78 is 26.2. The lowest BCUT2D eigenvalue weighted by Gasteiger charge is -2.09. The third-order valence-electron chi connectivity index (χ3n) is 2.57. The van der Waals surface area contributed by atoms with Gasteiger partial charge in [-0.25, -0.2) is 8.78 Å². The Morgan fingerprint density at radius 2 is 1.50 bits per heavy atom. The van der Waals surface area contributed by atoms with Crippen molar-refractivity contribution in [3.05, 3.63) is 57.6 Å². The van der Waals surface area contributed by atoms with Crippen molar-refractivity contribution in [2.75, 3.05) is 0 Å². The lowest BCUT2D eigenvalue weighted by Crippen LogP contribution is -1.96. The average Bonchev–Trinajstić information content (AvgIpc) is 2.34. The minimum atomic E-state index is -0.988. The lowest BCUT2D eigenvalue weighted by atomic mass is 10.0. The Hall–Kier alpha value is -1.16. The van der Waals surface area contributed by atoms with E-state index < -0.39 is 11.6 Å². The number of hydrogen-bond acceptors (Lipinski definition) is 1. The number of hydrogen-bond donors (Lipinski definition) is 1. The van der Waals surface area contributed by atoms with Crippen molar-refractivity contribution in [3.63, 3.8) is 0 Å². The van der Waals surface area contributed by atoms with E-state index in [1.165, 1.54) is 0 Å². The Morgan fingerprint density at radius 3 is 2.11 bits per heavy atom. The van der Waals surface area contributed by atoms with E-state index in [0.29, 0.717) is 22.7 Å². The molecule has 0 aliphatic carbocycles. The van der Waals surface area contributed by atoms with Gasteiger partial charge in [-0.1, -0.05) is 35.3 Å². The first-order valence-corrected chi connectivity index (χ1v) is 5.92. The molecule has 94 valence electrons. The number of benzene rings is 2. The summed E-state index contributed by atoms with van der Waals surface area (Å²) in [5, 5.41) is 0.502. The molecule has 0 aliphatic heterocycles. The molecule has 0 heterocycles. The van der Waals surface area contributed by atoms with Crippen LogP contribution in [-0.4, -0.2) is 0 Å². The van der Waals surface area contributed by atoms with Crippen LogP contribution in [0.25, 0.3) is 11.1 Å². The normalized spacial score (nSPS) is 10.7. The van der Waals surface area contributed by atoms with Gasteiger partial charge in [0.15, 0.2) is 11.6 Å². The smallest absolute Gasteiger partial charge is 0.160 e. The molecule has 2 aromatic rings. The van der Waals surface area contributed by atoms with E-state index in [4.69, 9.17) is 28.9 Å². The fourth-order valence-corrected chi connectivity index (χ4v) is 2.19. The fourth-order valence-electron chi connectivity index (χ4n) is 1.63. The molecule has 0 fully saturated rings. The summed E-state index contributed by atoms with van der Waals surface area (Å²) in [5.41, 5.74) is 7.23. The summed E-state index contributed by atoms with van der Waals surface area (Å²) in [6.07, 6.45) is 0.